The molecule has 3 N–H and O–H groups in total. The van der Waals surface area contributed by atoms with Gasteiger partial charge < -0.3 is 5.32 Å². The van der Waals surface area contributed by atoms with Crippen LogP contribution in [0.15, 0.2) is 42.5 Å². The normalized spacial score (nSPS) is 13.7. The Kier molecular flexibility index (Phi) is 4.89. The summed E-state index contributed by atoms with van der Waals surface area (Å²) in [4.78, 5) is 22.8. The lowest BCUT2D eigenvalue weighted by Gasteiger charge is -2.15. The van der Waals surface area contributed by atoms with E-state index in [0.717, 1.165) is 31.0 Å². The lowest BCUT2D eigenvalue weighted by Crippen LogP contribution is -2.30. The molecule has 0 heterocycles. The molecule has 7 nitrogen and oxygen atoms in total. The number of para-hydroxylation sites is 1. The maximum Gasteiger partial charge on any atom is 0.418 e. The summed E-state index contributed by atoms with van der Waals surface area (Å²) in [5, 5.41) is 14.2. The number of nitrogens with one attached hydrogen (secondary N) is 3. The Morgan fingerprint density at radius 2 is 1.81 bits per heavy atom. The molecule has 2 aromatic rings. The number of anilines is 2. The molecule has 0 saturated heterocycles. The van der Waals surface area contributed by atoms with Gasteiger partial charge in [-0.25, -0.2) is 0 Å². The SMILES string of the molecule is O=C(NNc1ccccc1C(F)(F)F)c1ccc(NC2CC2)c([N+](=O)[O-])c1. The topological polar surface area (TPSA) is 96.3 Å². The van der Waals surface area contributed by atoms with Gasteiger partial charge in [-0.15, -0.1) is 0 Å². The summed E-state index contributed by atoms with van der Waals surface area (Å²) in [6.45, 7) is 0. The van der Waals surface area contributed by atoms with Gasteiger partial charge in [0.2, 0.25) is 0 Å². The van der Waals surface area contributed by atoms with Crippen molar-refractivity contribution in [3.05, 3.63) is 63.7 Å². The molecular formula is C17H15F3N4O3. The van der Waals surface area contributed by atoms with Crippen LogP contribution in [-0.4, -0.2) is 16.9 Å². The highest BCUT2D eigenvalue weighted by molar-refractivity contribution is 5.96. The minimum Gasteiger partial charge on any atom is -0.377 e. The van der Waals surface area contributed by atoms with E-state index in [0.29, 0.717) is 5.69 Å². The molecule has 0 aliphatic heterocycles. The number of hydrazine groups is 1. The molecule has 0 aromatic heterocycles. The van der Waals surface area contributed by atoms with Crippen molar-refractivity contribution in [1.82, 2.24) is 5.43 Å². The van der Waals surface area contributed by atoms with Gasteiger partial charge in [0.1, 0.15) is 5.69 Å². The number of nitro benzene ring substituents is 1. The number of hydrogen-bond donors (Lipinski definition) is 3. The number of carbonyl (C=O) groups is 1. The van der Waals surface area contributed by atoms with E-state index in [1.54, 1.807) is 0 Å². The van der Waals surface area contributed by atoms with Crippen molar-refractivity contribution < 1.29 is 22.9 Å². The van der Waals surface area contributed by atoms with Gasteiger partial charge in [0.25, 0.3) is 11.6 Å². The van der Waals surface area contributed by atoms with E-state index in [-0.39, 0.29) is 23.0 Å². The minimum absolute atomic E-state index is 0.0555. The molecule has 1 fully saturated rings. The summed E-state index contributed by atoms with van der Waals surface area (Å²) in [5.41, 5.74) is 3.05. The first-order valence-electron chi connectivity index (χ1n) is 8.03. The number of amides is 1. The Bertz CT molecular complexity index is 882. The molecule has 0 spiro atoms. The Morgan fingerprint density at radius 3 is 2.44 bits per heavy atom. The molecule has 142 valence electrons. The molecule has 10 heteroatoms. The highest BCUT2D eigenvalue weighted by atomic mass is 19.4. The zero-order valence-corrected chi connectivity index (χ0v) is 13.8. The molecule has 3 rings (SSSR count). The van der Waals surface area contributed by atoms with E-state index in [1.165, 1.54) is 24.3 Å². The Balaban J connectivity index is 1.75. The van der Waals surface area contributed by atoms with Gasteiger partial charge in [-0.3, -0.25) is 25.8 Å². The van der Waals surface area contributed by atoms with Crippen LogP contribution in [0.1, 0.15) is 28.8 Å². The number of rotatable bonds is 6. The standard InChI is InChI=1S/C17H15F3N4O3/c18-17(19,20)12-3-1-2-4-13(12)22-23-16(25)10-5-8-14(21-11-6-7-11)15(9-10)24(26)27/h1-5,8-9,11,21-22H,6-7H2,(H,23,25). The van der Waals surface area contributed by atoms with Gasteiger partial charge in [0.15, 0.2) is 0 Å². The first-order chi connectivity index (χ1) is 12.8. The minimum atomic E-state index is -4.59. The van der Waals surface area contributed by atoms with Crippen LogP contribution < -0.4 is 16.2 Å². The number of carbonyl (C=O) groups excluding carboxylic acids is 1. The Hall–Kier alpha value is -3.30. The largest absolute Gasteiger partial charge is 0.418 e. The molecule has 1 saturated carbocycles. The smallest absolute Gasteiger partial charge is 0.377 e. The van der Waals surface area contributed by atoms with Crippen LogP contribution in [0.5, 0.6) is 0 Å². The summed E-state index contributed by atoms with van der Waals surface area (Å²) >= 11 is 0. The predicted molar refractivity (Wildman–Crippen MR) is 92.3 cm³/mol. The maximum atomic E-state index is 13.0. The number of nitro groups is 1. The zero-order chi connectivity index (χ0) is 19.6. The van der Waals surface area contributed by atoms with Crippen molar-refractivity contribution in [1.29, 1.82) is 0 Å². The molecule has 1 aliphatic rings. The molecule has 27 heavy (non-hydrogen) atoms. The van der Waals surface area contributed by atoms with E-state index in [9.17, 15) is 28.1 Å². The van der Waals surface area contributed by atoms with Gasteiger partial charge in [-0.05, 0) is 37.1 Å². The van der Waals surface area contributed by atoms with Crippen LogP contribution in [0.2, 0.25) is 0 Å². The van der Waals surface area contributed by atoms with Crippen molar-refractivity contribution in [2.75, 3.05) is 10.7 Å². The van der Waals surface area contributed by atoms with Gasteiger partial charge in [-0.1, -0.05) is 12.1 Å². The van der Waals surface area contributed by atoms with Crippen LogP contribution >= 0.6 is 0 Å². The third-order valence-corrected chi connectivity index (χ3v) is 3.94. The third-order valence-electron chi connectivity index (χ3n) is 3.94. The van der Waals surface area contributed by atoms with Crippen LogP contribution in [0.4, 0.5) is 30.2 Å². The lowest BCUT2D eigenvalue weighted by atomic mass is 10.1. The summed E-state index contributed by atoms with van der Waals surface area (Å²) in [7, 11) is 0. The van der Waals surface area contributed by atoms with Gasteiger partial charge in [0.05, 0.1) is 16.2 Å². The second-order valence-corrected chi connectivity index (χ2v) is 6.03. The fourth-order valence-corrected chi connectivity index (χ4v) is 2.43. The number of benzene rings is 2. The number of halogens is 3. The number of hydrogen-bond acceptors (Lipinski definition) is 5. The lowest BCUT2D eigenvalue weighted by molar-refractivity contribution is -0.384. The molecule has 0 atom stereocenters. The van der Waals surface area contributed by atoms with Gasteiger partial charge in [-0.2, -0.15) is 13.2 Å². The summed E-state index contributed by atoms with van der Waals surface area (Å²) < 4.78 is 38.9. The zero-order valence-electron chi connectivity index (χ0n) is 13.8. The van der Waals surface area contributed by atoms with Crippen molar-refractivity contribution in [2.45, 2.75) is 25.1 Å². The molecule has 0 unspecified atom stereocenters. The molecular weight excluding hydrogens is 365 g/mol. The van der Waals surface area contributed by atoms with Gasteiger partial charge in [0, 0.05) is 17.7 Å². The summed E-state index contributed by atoms with van der Waals surface area (Å²) in [5.74, 6) is -0.798. The first kappa shape index (κ1) is 18.5. The Morgan fingerprint density at radius 1 is 1.11 bits per heavy atom. The van der Waals surface area contributed by atoms with Crippen LogP contribution in [0.3, 0.4) is 0 Å². The van der Waals surface area contributed by atoms with Crippen molar-refractivity contribution in [3.63, 3.8) is 0 Å². The summed E-state index contributed by atoms with van der Waals surface area (Å²) in [6, 6.07) is 8.68. The van der Waals surface area contributed by atoms with Crippen LogP contribution in [0, 0.1) is 10.1 Å². The van der Waals surface area contributed by atoms with E-state index < -0.39 is 22.6 Å². The van der Waals surface area contributed by atoms with E-state index in [4.69, 9.17) is 0 Å². The van der Waals surface area contributed by atoms with Crippen molar-refractivity contribution >= 4 is 23.0 Å². The monoisotopic (exact) mass is 380 g/mol. The Labute approximate surface area is 151 Å². The maximum absolute atomic E-state index is 13.0. The van der Waals surface area contributed by atoms with E-state index >= 15 is 0 Å². The first-order valence-corrected chi connectivity index (χ1v) is 8.03. The van der Waals surface area contributed by atoms with Crippen LogP contribution in [-0.2, 0) is 6.18 Å². The summed E-state index contributed by atoms with van der Waals surface area (Å²) in [6.07, 6.45) is -2.76. The van der Waals surface area contributed by atoms with Gasteiger partial charge >= 0.3 is 6.18 Å². The van der Waals surface area contributed by atoms with Crippen LogP contribution in [0.25, 0.3) is 0 Å². The second kappa shape index (κ2) is 7.14. The highest BCUT2D eigenvalue weighted by Gasteiger charge is 2.33. The van der Waals surface area contributed by atoms with E-state index in [1.807, 2.05) is 0 Å². The second-order valence-electron chi connectivity index (χ2n) is 6.03. The van der Waals surface area contributed by atoms with Crippen molar-refractivity contribution in [2.24, 2.45) is 0 Å². The van der Waals surface area contributed by atoms with E-state index in [2.05, 4.69) is 16.2 Å². The number of nitrogens with zero attached hydrogens (tertiary/aromatic N) is 1. The predicted octanol–water partition coefficient (Wildman–Crippen LogP) is 3.94. The molecule has 1 aliphatic carbocycles. The molecule has 0 radical (unpaired) electrons. The molecule has 1 amide bonds. The fraction of sp³-hybridized carbons (Fsp3) is 0.235. The highest BCUT2D eigenvalue weighted by Crippen LogP contribution is 2.34. The van der Waals surface area contributed by atoms with Crippen molar-refractivity contribution in [3.8, 4) is 0 Å². The average Bonchev–Trinajstić information content (AvgIpc) is 3.43. The fourth-order valence-electron chi connectivity index (χ4n) is 2.43. The third kappa shape index (κ3) is 4.46. The number of alkyl halides is 3. The quantitative estimate of drug-likeness (QED) is 0.521. The average molecular weight is 380 g/mol. The molecule has 0 bridgehead atoms. The molecule has 2 aromatic carbocycles.